The molecule has 4 nitrogen and oxygen atoms in total. The highest BCUT2D eigenvalue weighted by Gasteiger charge is 2.13. The van der Waals surface area contributed by atoms with E-state index in [0.717, 1.165) is 25.1 Å². The van der Waals surface area contributed by atoms with Crippen LogP contribution in [0, 0.1) is 0 Å². The second kappa shape index (κ2) is 8.08. The van der Waals surface area contributed by atoms with Crippen molar-refractivity contribution in [3.05, 3.63) is 24.5 Å². The van der Waals surface area contributed by atoms with Crippen LogP contribution >= 0.6 is 11.8 Å². The molecule has 0 saturated carbocycles. The van der Waals surface area contributed by atoms with Crippen molar-refractivity contribution < 1.29 is 4.79 Å². The third-order valence-electron chi connectivity index (χ3n) is 2.31. The second-order valence-corrected chi connectivity index (χ2v) is 4.90. The first-order valence-electron chi connectivity index (χ1n) is 5.79. The molecule has 1 rings (SSSR count). The van der Waals surface area contributed by atoms with Crippen LogP contribution in [0.2, 0.25) is 0 Å². The Labute approximate surface area is 106 Å². The molecule has 17 heavy (non-hydrogen) atoms. The topological polar surface area (TPSA) is 68.0 Å². The van der Waals surface area contributed by atoms with Gasteiger partial charge in [0.2, 0.25) is 5.91 Å². The molecule has 1 aromatic heterocycles. The SMILES string of the molecule is CCCNC(CCSc1ccncc1)C(N)=O. The first-order chi connectivity index (χ1) is 8.24. The Hall–Kier alpha value is -1.07. The number of aromatic nitrogens is 1. The number of nitrogens with zero attached hydrogens (tertiary/aromatic N) is 1. The monoisotopic (exact) mass is 253 g/mol. The van der Waals surface area contributed by atoms with E-state index in [1.54, 1.807) is 24.2 Å². The van der Waals surface area contributed by atoms with Crippen LogP contribution in [0.3, 0.4) is 0 Å². The summed E-state index contributed by atoms with van der Waals surface area (Å²) in [5.41, 5.74) is 5.34. The van der Waals surface area contributed by atoms with E-state index in [4.69, 9.17) is 5.73 Å². The normalized spacial score (nSPS) is 12.3. The lowest BCUT2D eigenvalue weighted by molar-refractivity contribution is -0.120. The van der Waals surface area contributed by atoms with Crippen LogP contribution in [0.15, 0.2) is 29.4 Å². The lowest BCUT2D eigenvalue weighted by Crippen LogP contribution is -2.41. The minimum absolute atomic E-state index is 0.218. The van der Waals surface area contributed by atoms with E-state index in [9.17, 15) is 4.79 Å². The number of thioether (sulfide) groups is 1. The summed E-state index contributed by atoms with van der Waals surface area (Å²) in [5, 5.41) is 3.15. The van der Waals surface area contributed by atoms with Crippen molar-refractivity contribution in [3.8, 4) is 0 Å². The standard InChI is InChI=1S/C12H19N3OS/c1-2-6-15-11(12(13)16)5-9-17-10-3-7-14-8-4-10/h3-4,7-8,11,15H,2,5-6,9H2,1H3,(H2,13,16). The molecule has 0 radical (unpaired) electrons. The lowest BCUT2D eigenvalue weighted by atomic mass is 10.2. The number of pyridine rings is 1. The summed E-state index contributed by atoms with van der Waals surface area (Å²) < 4.78 is 0. The fraction of sp³-hybridized carbons (Fsp3) is 0.500. The summed E-state index contributed by atoms with van der Waals surface area (Å²) in [4.78, 5) is 16.3. The predicted molar refractivity (Wildman–Crippen MR) is 70.9 cm³/mol. The number of nitrogens with one attached hydrogen (secondary N) is 1. The van der Waals surface area contributed by atoms with Crippen molar-refractivity contribution in [3.63, 3.8) is 0 Å². The first-order valence-corrected chi connectivity index (χ1v) is 6.78. The van der Waals surface area contributed by atoms with Crippen LogP contribution in [0.5, 0.6) is 0 Å². The number of carbonyl (C=O) groups is 1. The molecule has 0 spiro atoms. The van der Waals surface area contributed by atoms with Gasteiger partial charge in [-0.1, -0.05) is 6.92 Å². The van der Waals surface area contributed by atoms with Crippen LogP contribution in [0.1, 0.15) is 19.8 Å². The van der Waals surface area contributed by atoms with Crippen LogP contribution < -0.4 is 11.1 Å². The van der Waals surface area contributed by atoms with Gasteiger partial charge in [0.15, 0.2) is 0 Å². The average Bonchev–Trinajstić information content (AvgIpc) is 2.34. The molecule has 1 atom stereocenters. The van der Waals surface area contributed by atoms with E-state index in [-0.39, 0.29) is 11.9 Å². The van der Waals surface area contributed by atoms with E-state index < -0.39 is 0 Å². The molecule has 0 aromatic carbocycles. The van der Waals surface area contributed by atoms with Gasteiger partial charge in [-0.15, -0.1) is 11.8 Å². The van der Waals surface area contributed by atoms with E-state index in [1.807, 2.05) is 12.1 Å². The lowest BCUT2D eigenvalue weighted by Gasteiger charge is -2.14. The van der Waals surface area contributed by atoms with E-state index in [1.165, 1.54) is 4.90 Å². The molecule has 1 aromatic rings. The summed E-state index contributed by atoms with van der Waals surface area (Å²) >= 11 is 1.71. The molecule has 1 amide bonds. The number of hydrogen-bond donors (Lipinski definition) is 2. The van der Waals surface area contributed by atoms with Crippen LogP contribution in [0.4, 0.5) is 0 Å². The largest absolute Gasteiger partial charge is 0.368 e. The van der Waals surface area contributed by atoms with Gasteiger partial charge < -0.3 is 11.1 Å². The summed E-state index contributed by atoms with van der Waals surface area (Å²) in [7, 11) is 0. The Bertz CT molecular complexity index is 332. The molecule has 5 heteroatoms. The van der Waals surface area contributed by atoms with Gasteiger partial charge in [-0.05, 0) is 37.3 Å². The van der Waals surface area contributed by atoms with Crippen molar-refractivity contribution in [2.45, 2.75) is 30.7 Å². The molecule has 0 aliphatic heterocycles. The van der Waals surface area contributed by atoms with Crippen molar-refractivity contribution in [1.29, 1.82) is 0 Å². The van der Waals surface area contributed by atoms with Gasteiger partial charge in [-0.25, -0.2) is 0 Å². The summed E-state index contributed by atoms with van der Waals surface area (Å²) in [5.74, 6) is 0.600. The summed E-state index contributed by atoms with van der Waals surface area (Å²) in [6.07, 6.45) is 5.29. The summed E-state index contributed by atoms with van der Waals surface area (Å²) in [6.45, 7) is 2.89. The minimum Gasteiger partial charge on any atom is -0.368 e. The zero-order chi connectivity index (χ0) is 12.5. The van der Waals surface area contributed by atoms with E-state index >= 15 is 0 Å². The molecular formula is C12H19N3OS. The maximum absolute atomic E-state index is 11.2. The Morgan fingerprint density at radius 3 is 2.82 bits per heavy atom. The van der Waals surface area contributed by atoms with Crippen molar-refractivity contribution in [2.75, 3.05) is 12.3 Å². The highest BCUT2D eigenvalue weighted by atomic mass is 32.2. The molecule has 0 aliphatic carbocycles. The Kier molecular flexibility index (Phi) is 6.65. The molecule has 1 heterocycles. The number of rotatable bonds is 8. The van der Waals surface area contributed by atoms with Crippen LogP contribution in [0.25, 0.3) is 0 Å². The van der Waals surface area contributed by atoms with Crippen molar-refractivity contribution >= 4 is 17.7 Å². The predicted octanol–water partition coefficient (Wildman–Crippen LogP) is 1.42. The minimum atomic E-state index is -0.270. The third kappa shape index (κ3) is 5.70. The van der Waals surface area contributed by atoms with Gasteiger partial charge in [0.1, 0.15) is 0 Å². The number of nitrogens with two attached hydrogens (primary N) is 1. The fourth-order valence-corrected chi connectivity index (χ4v) is 2.30. The van der Waals surface area contributed by atoms with E-state index in [0.29, 0.717) is 0 Å². The van der Waals surface area contributed by atoms with Gasteiger partial charge in [0.05, 0.1) is 6.04 Å². The molecule has 1 unspecified atom stereocenters. The molecular weight excluding hydrogens is 234 g/mol. The molecule has 0 aliphatic rings. The summed E-state index contributed by atoms with van der Waals surface area (Å²) in [6, 6.07) is 3.71. The van der Waals surface area contributed by atoms with Crippen LogP contribution in [-0.4, -0.2) is 29.2 Å². The van der Waals surface area contributed by atoms with Crippen molar-refractivity contribution in [2.24, 2.45) is 5.73 Å². The highest BCUT2D eigenvalue weighted by Crippen LogP contribution is 2.17. The molecule has 0 bridgehead atoms. The number of amides is 1. The molecule has 0 saturated heterocycles. The first kappa shape index (κ1) is 14.0. The van der Waals surface area contributed by atoms with Gasteiger partial charge in [0.25, 0.3) is 0 Å². The van der Waals surface area contributed by atoms with E-state index in [2.05, 4.69) is 17.2 Å². The maximum atomic E-state index is 11.2. The van der Waals surface area contributed by atoms with Gasteiger partial charge in [-0.2, -0.15) is 0 Å². The number of carbonyl (C=O) groups excluding carboxylic acids is 1. The van der Waals surface area contributed by atoms with Crippen LogP contribution in [-0.2, 0) is 4.79 Å². The van der Waals surface area contributed by atoms with Crippen molar-refractivity contribution in [1.82, 2.24) is 10.3 Å². The molecule has 0 fully saturated rings. The fourth-order valence-electron chi connectivity index (χ4n) is 1.39. The van der Waals surface area contributed by atoms with Gasteiger partial charge in [0, 0.05) is 17.3 Å². The zero-order valence-corrected chi connectivity index (χ0v) is 10.9. The Morgan fingerprint density at radius 1 is 1.53 bits per heavy atom. The molecule has 3 N–H and O–H groups in total. The second-order valence-electron chi connectivity index (χ2n) is 3.73. The smallest absolute Gasteiger partial charge is 0.234 e. The number of hydrogen-bond acceptors (Lipinski definition) is 4. The van der Waals surface area contributed by atoms with Gasteiger partial charge in [-0.3, -0.25) is 9.78 Å². The Balaban J connectivity index is 2.29. The maximum Gasteiger partial charge on any atom is 0.234 e. The Morgan fingerprint density at radius 2 is 2.24 bits per heavy atom. The third-order valence-corrected chi connectivity index (χ3v) is 3.35. The zero-order valence-electron chi connectivity index (χ0n) is 10.1. The highest BCUT2D eigenvalue weighted by molar-refractivity contribution is 7.99. The molecule has 94 valence electrons. The quantitative estimate of drug-likeness (QED) is 0.688. The average molecular weight is 253 g/mol. The van der Waals surface area contributed by atoms with Gasteiger partial charge >= 0.3 is 0 Å². The number of primary amides is 1.